The highest BCUT2D eigenvalue weighted by Gasteiger charge is 2.20. The largest absolute Gasteiger partial charge is 0.409 e. The average molecular weight is 257 g/mol. The fraction of sp³-hybridized carbons (Fsp3) is 0.231. The first-order valence-electron chi connectivity index (χ1n) is 6.11. The number of hydrogen-bond acceptors (Lipinski definition) is 4. The maximum atomic E-state index is 8.75. The molecule has 0 unspecified atom stereocenters. The quantitative estimate of drug-likeness (QED) is 0.332. The molecule has 0 saturated heterocycles. The van der Waals surface area contributed by atoms with Gasteiger partial charge in [-0.05, 0) is 18.1 Å². The summed E-state index contributed by atoms with van der Waals surface area (Å²) < 4.78 is 0. The van der Waals surface area contributed by atoms with Gasteiger partial charge in [-0.1, -0.05) is 17.3 Å². The molecule has 0 atom stereocenters. The third kappa shape index (κ3) is 2.12. The Morgan fingerprint density at radius 1 is 1.53 bits per heavy atom. The molecular weight excluding hydrogens is 242 g/mol. The van der Waals surface area contributed by atoms with Gasteiger partial charge in [0.2, 0.25) is 0 Å². The first-order valence-corrected chi connectivity index (χ1v) is 6.11. The van der Waals surface area contributed by atoms with Crippen LogP contribution >= 0.6 is 0 Å². The van der Waals surface area contributed by atoms with E-state index in [1.165, 1.54) is 5.56 Å². The second kappa shape index (κ2) is 4.64. The maximum absolute atomic E-state index is 8.75. The Balaban J connectivity index is 1.90. The number of oxime groups is 1. The number of benzene rings is 1. The van der Waals surface area contributed by atoms with Crippen LogP contribution in [0.4, 0.5) is 5.69 Å². The van der Waals surface area contributed by atoms with Gasteiger partial charge in [-0.15, -0.1) is 0 Å². The Labute approximate surface area is 110 Å². The molecule has 4 N–H and O–H groups in total. The number of hydrogen-bond donors (Lipinski definition) is 3. The van der Waals surface area contributed by atoms with Gasteiger partial charge < -0.3 is 20.8 Å². The summed E-state index contributed by atoms with van der Waals surface area (Å²) in [5.41, 5.74) is 9.78. The molecule has 0 fully saturated rings. The number of aromatic amines is 1. The van der Waals surface area contributed by atoms with Crippen LogP contribution in [0.1, 0.15) is 16.8 Å². The molecule has 0 bridgehead atoms. The van der Waals surface area contributed by atoms with Crippen LogP contribution in [-0.4, -0.2) is 27.6 Å². The normalized spacial score (nSPS) is 14.7. The molecule has 0 radical (unpaired) electrons. The smallest absolute Gasteiger partial charge is 0.170 e. The molecule has 6 nitrogen and oxygen atoms in total. The van der Waals surface area contributed by atoms with Gasteiger partial charge in [0.25, 0.3) is 0 Å². The van der Waals surface area contributed by atoms with Gasteiger partial charge >= 0.3 is 0 Å². The van der Waals surface area contributed by atoms with E-state index in [0.29, 0.717) is 0 Å². The minimum Gasteiger partial charge on any atom is -0.409 e. The van der Waals surface area contributed by atoms with Crippen molar-refractivity contribution >= 4 is 11.5 Å². The molecule has 0 saturated carbocycles. The van der Waals surface area contributed by atoms with E-state index in [1.807, 2.05) is 24.4 Å². The van der Waals surface area contributed by atoms with Crippen molar-refractivity contribution in [3.8, 4) is 0 Å². The van der Waals surface area contributed by atoms with Crippen LogP contribution < -0.4 is 10.6 Å². The summed E-state index contributed by atoms with van der Waals surface area (Å²) in [6.07, 6.45) is 4.58. The molecule has 1 aliphatic rings. The van der Waals surface area contributed by atoms with Gasteiger partial charge in [-0.3, -0.25) is 0 Å². The SMILES string of the molecule is N/C(=N/O)c1ccc2c(c1)N(Cc1c[nH]cn1)CC2. The average Bonchev–Trinajstić information content (AvgIpc) is 3.08. The predicted molar refractivity (Wildman–Crippen MR) is 72.3 cm³/mol. The molecule has 0 spiro atoms. The van der Waals surface area contributed by atoms with E-state index in [4.69, 9.17) is 10.9 Å². The zero-order valence-corrected chi connectivity index (χ0v) is 10.4. The van der Waals surface area contributed by atoms with E-state index < -0.39 is 0 Å². The van der Waals surface area contributed by atoms with E-state index in [1.54, 1.807) is 6.33 Å². The Kier molecular flexibility index (Phi) is 2.83. The van der Waals surface area contributed by atoms with E-state index in [-0.39, 0.29) is 5.84 Å². The molecule has 19 heavy (non-hydrogen) atoms. The van der Waals surface area contributed by atoms with Crippen molar-refractivity contribution < 1.29 is 5.21 Å². The van der Waals surface area contributed by atoms with E-state index in [0.717, 1.165) is 36.5 Å². The topological polar surface area (TPSA) is 90.5 Å². The molecule has 0 aliphatic carbocycles. The van der Waals surface area contributed by atoms with Gasteiger partial charge in [-0.25, -0.2) is 4.98 Å². The second-order valence-electron chi connectivity index (χ2n) is 4.56. The van der Waals surface area contributed by atoms with E-state index in [9.17, 15) is 0 Å². The Morgan fingerprint density at radius 3 is 3.16 bits per heavy atom. The van der Waals surface area contributed by atoms with Crippen molar-refractivity contribution in [1.82, 2.24) is 9.97 Å². The molecule has 1 aromatic heterocycles. The second-order valence-corrected chi connectivity index (χ2v) is 4.56. The molecular formula is C13H15N5O. The van der Waals surface area contributed by atoms with Gasteiger partial charge in [-0.2, -0.15) is 0 Å². The highest BCUT2D eigenvalue weighted by atomic mass is 16.4. The van der Waals surface area contributed by atoms with Crippen molar-refractivity contribution in [2.45, 2.75) is 13.0 Å². The zero-order valence-electron chi connectivity index (χ0n) is 10.4. The number of fused-ring (bicyclic) bond motifs is 1. The fourth-order valence-corrected chi connectivity index (χ4v) is 2.40. The fourth-order valence-electron chi connectivity index (χ4n) is 2.40. The molecule has 1 aromatic carbocycles. The molecule has 2 heterocycles. The maximum Gasteiger partial charge on any atom is 0.170 e. The molecule has 2 aromatic rings. The number of amidine groups is 1. The van der Waals surface area contributed by atoms with Crippen LogP contribution in [0.3, 0.4) is 0 Å². The van der Waals surface area contributed by atoms with Gasteiger partial charge in [0.1, 0.15) is 0 Å². The highest BCUT2D eigenvalue weighted by molar-refractivity contribution is 5.98. The van der Waals surface area contributed by atoms with Crippen LogP contribution in [0.2, 0.25) is 0 Å². The number of nitrogens with one attached hydrogen (secondary N) is 1. The van der Waals surface area contributed by atoms with Crippen LogP contribution in [0.25, 0.3) is 0 Å². The summed E-state index contributed by atoms with van der Waals surface area (Å²) >= 11 is 0. The lowest BCUT2D eigenvalue weighted by atomic mass is 10.1. The summed E-state index contributed by atoms with van der Waals surface area (Å²) in [6, 6.07) is 5.88. The van der Waals surface area contributed by atoms with Crippen LogP contribution in [0.5, 0.6) is 0 Å². The summed E-state index contributed by atoms with van der Waals surface area (Å²) in [4.78, 5) is 9.45. The molecule has 3 rings (SSSR count). The summed E-state index contributed by atoms with van der Waals surface area (Å²) in [5, 5.41) is 11.8. The van der Waals surface area contributed by atoms with Crippen molar-refractivity contribution in [1.29, 1.82) is 0 Å². The Bertz CT molecular complexity index is 606. The van der Waals surface area contributed by atoms with Crippen molar-refractivity contribution in [2.75, 3.05) is 11.4 Å². The van der Waals surface area contributed by atoms with Gasteiger partial charge in [0.05, 0.1) is 18.6 Å². The predicted octanol–water partition coefficient (Wildman–Crippen LogP) is 1.07. The third-order valence-electron chi connectivity index (χ3n) is 3.39. The lowest BCUT2D eigenvalue weighted by molar-refractivity contribution is 0.318. The number of anilines is 1. The van der Waals surface area contributed by atoms with Crippen molar-refractivity contribution in [3.05, 3.63) is 47.5 Å². The number of aromatic nitrogens is 2. The summed E-state index contributed by atoms with van der Waals surface area (Å²) in [7, 11) is 0. The number of nitrogens with zero attached hydrogens (tertiary/aromatic N) is 3. The molecule has 1 aliphatic heterocycles. The molecule has 98 valence electrons. The minimum absolute atomic E-state index is 0.134. The van der Waals surface area contributed by atoms with Gasteiger partial charge in [0, 0.05) is 24.0 Å². The molecule has 0 amide bonds. The minimum atomic E-state index is 0.134. The lowest BCUT2D eigenvalue weighted by Crippen LogP contribution is -2.20. The number of rotatable bonds is 3. The Hall–Kier alpha value is -2.50. The molecule has 6 heteroatoms. The van der Waals surface area contributed by atoms with Crippen molar-refractivity contribution in [2.24, 2.45) is 10.9 Å². The third-order valence-corrected chi connectivity index (χ3v) is 3.39. The first-order chi connectivity index (χ1) is 9.28. The number of nitrogens with two attached hydrogens (primary N) is 1. The summed E-state index contributed by atoms with van der Waals surface area (Å²) in [5.74, 6) is 0.134. The monoisotopic (exact) mass is 257 g/mol. The van der Waals surface area contributed by atoms with Crippen molar-refractivity contribution in [3.63, 3.8) is 0 Å². The standard InChI is InChI=1S/C13H15N5O/c14-13(17-19)10-2-1-9-3-4-18(12(9)5-10)7-11-6-15-8-16-11/h1-2,5-6,8,19H,3-4,7H2,(H2,14,17)(H,15,16). The van der Waals surface area contributed by atoms with Gasteiger partial charge in [0.15, 0.2) is 5.84 Å². The van der Waals surface area contributed by atoms with E-state index in [2.05, 4.69) is 20.0 Å². The number of H-pyrrole nitrogens is 1. The van der Waals surface area contributed by atoms with Crippen LogP contribution in [-0.2, 0) is 13.0 Å². The summed E-state index contributed by atoms with van der Waals surface area (Å²) in [6.45, 7) is 1.72. The number of imidazole rings is 1. The lowest BCUT2D eigenvalue weighted by Gasteiger charge is -2.18. The zero-order chi connectivity index (χ0) is 13.2. The van der Waals surface area contributed by atoms with E-state index >= 15 is 0 Å². The first kappa shape index (κ1) is 11.6. The Morgan fingerprint density at radius 2 is 2.42 bits per heavy atom. The van der Waals surface area contributed by atoms with Crippen LogP contribution in [0.15, 0.2) is 35.9 Å². The highest BCUT2D eigenvalue weighted by Crippen LogP contribution is 2.30. The van der Waals surface area contributed by atoms with Crippen LogP contribution in [0, 0.1) is 0 Å².